The van der Waals surface area contributed by atoms with Gasteiger partial charge in [0.15, 0.2) is 0 Å². The predicted octanol–water partition coefficient (Wildman–Crippen LogP) is -0.00780. The molecule has 56 valence electrons. The number of nitrogens with one attached hydrogen (secondary N) is 1. The molecule has 0 aliphatic rings. The maximum absolute atomic E-state index is 5.72. The predicted molar refractivity (Wildman–Crippen MR) is 48.3 cm³/mol. The Kier molecular flexibility index (Phi) is 4.73. The van der Waals surface area contributed by atoms with Gasteiger partial charge in [-0.15, -0.1) is 0 Å². The number of rotatable bonds is 4. The lowest BCUT2D eigenvalue weighted by Crippen LogP contribution is -2.48. The first kappa shape index (κ1) is 9.61. The minimum absolute atomic E-state index is 0.267. The van der Waals surface area contributed by atoms with E-state index in [1.54, 1.807) is 0 Å². The molecule has 0 spiro atoms. The van der Waals surface area contributed by atoms with Gasteiger partial charge in [0, 0.05) is 13.1 Å². The number of nitrogens with two attached hydrogens (primary N) is 2. The molecular weight excluding hydrogens is 229 g/mol. The van der Waals surface area contributed by atoms with E-state index in [1.165, 1.54) is 0 Å². The van der Waals surface area contributed by atoms with E-state index >= 15 is 0 Å². The van der Waals surface area contributed by atoms with Gasteiger partial charge in [-0.25, -0.2) is 0 Å². The van der Waals surface area contributed by atoms with E-state index in [0.717, 1.165) is 13.0 Å². The fraction of sp³-hybridized carbons (Fsp3) is 1.00. The Morgan fingerprint density at radius 1 is 1.67 bits per heavy atom. The minimum atomic E-state index is -0.267. The summed E-state index contributed by atoms with van der Waals surface area (Å²) in [5.41, 5.74) is 11.0. The summed E-state index contributed by atoms with van der Waals surface area (Å²) < 4.78 is -0.267. The Hall–Kier alpha value is 0.610. The van der Waals surface area contributed by atoms with Crippen molar-refractivity contribution in [1.82, 2.24) is 5.32 Å². The van der Waals surface area contributed by atoms with Gasteiger partial charge in [0.25, 0.3) is 0 Å². The van der Waals surface area contributed by atoms with Crippen LogP contribution in [0.2, 0.25) is 0 Å². The average molecular weight is 243 g/mol. The molecule has 1 unspecified atom stereocenters. The Morgan fingerprint density at radius 2 is 2.22 bits per heavy atom. The number of alkyl halides is 1. The van der Waals surface area contributed by atoms with E-state index in [2.05, 4.69) is 27.9 Å². The van der Waals surface area contributed by atoms with E-state index in [-0.39, 0.29) is 3.67 Å². The second-order valence-electron chi connectivity index (χ2n) is 1.93. The molecule has 0 heterocycles. The molecule has 0 amide bonds. The van der Waals surface area contributed by atoms with Gasteiger partial charge in [0.05, 0.1) is 0 Å². The van der Waals surface area contributed by atoms with Gasteiger partial charge in [-0.2, -0.15) is 0 Å². The molecule has 0 radical (unpaired) electrons. The molecule has 5 N–H and O–H groups in total. The molecule has 0 rings (SSSR count). The van der Waals surface area contributed by atoms with Crippen LogP contribution in [0.4, 0.5) is 0 Å². The highest BCUT2D eigenvalue weighted by atomic mass is 127. The highest BCUT2D eigenvalue weighted by Gasteiger charge is 2.14. The topological polar surface area (TPSA) is 64.1 Å². The van der Waals surface area contributed by atoms with E-state index < -0.39 is 0 Å². The zero-order chi connectivity index (χ0) is 7.33. The van der Waals surface area contributed by atoms with Crippen LogP contribution in [0.1, 0.15) is 13.3 Å². The number of hydrogen-bond acceptors (Lipinski definition) is 3. The molecule has 0 saturated carbocycles. The fourth-order valence-electron chi connectivity index (χ4n) is 0.405. The molecule has 0 bridgehead atoms. The lowest BCUT2D eigenvalue weighted by Gasteiger charge is -2.21. The van der Waals surface area contributed by atoms with E-state index in [4.69, 9.17) is 11.5 Å². The van der Waals surface area contributed by atoms with Gasteiger partial charge in [-0.05, 0) is 29.0 Å². The van der Waals surface area contributed by atoms with Crippen LogP contribution in [0.25, 0.3) is 0 Å². The third-order valence-corrected chi connectivity index (χ3v) is 2.22. The van der Waals surface area contributed by atoms with Crippen molar-refractivity contribution in [3.63, 3.8) is 0 Å². The van der Waals surface area contributed by atoms with Gasteiger partial charge < -0.3 is 11.5 Å². The summed E-state index contributed by atoms with van der Waals surface area (Å²) in [6.07, 6.45) is 0.910. The molecule has 9 heavy (non-hydrogen) atoms. The average Bonchev–Trinajstić information content (AvgIpc) is 1.84. The first-order valence-corrected chi connectivity index (χ1v) is 4.13. The third kappa shape index (κ3) is 5.07. The second-order valence-corrected chi connectivity index (χ2v) is 3.86. The molecule has 3 nitrogen and oxygen atoms in total. The van der Waals surface area contributed by atoms with Crippen LogP contribution in [0.5, 0.6) is 0 Å². The normalized spacial score (nSPS) is 17.3. The molecule has 0 aliphatic heterocycles. The largest absolute Gasteiger partial charge is 0.329 e. The summed E-state index contributed by atoms with van der Waals surface area (Å²) in [5.74, 6) is 0. The SMILES string of the molecule is CCC(N)(I)NCCN. The lowest BCUT2D eigenvalue weighted by atomic mass is 10.4. The van der Waals surface area contributed by atoms with Crippen molar-refractivity contribution in [3.05, 3.63) is 0 Å². The molecule has 0 aliphatic carbocycles. The molecule has 0 fully saturated rings. The van der Waals surface area contributed by atoms with Gasteiger partial charge in [-0.3, -0.25) is 5.32 Å². The van der Waals surface area contributed by atoms with Crippen molar-refractivity contribution in [3.8, 4) is 0 Å². The standard InChI is InChI=1S/C5H14IN3/c1-2-5(6,8)9-4-3-7/h9H,2-4,7-8H2,1H3. The van der Waals surface area contributed by atoms with Gasteiger partial charge in [0.1, 0.15) is 3.67 Å². The van der Waals surface area contributed by atoms with Crippen molar-refractivity contribution >= 4 is 22.6 Å². The molecule has 0 aromatic rings. The maximum Gasteiger partial charge on any atom is 0.119 e. The van der Waals surface area contributed by atoms with E-state index in [0.29, 0.717) is 6.54 Å². The van der Waals surface area contributed by atoms with Gasteiger partial charge in [-0.1, -0.05) is 6.92 Å². The van der Waals surface area contributed by atoms with Crippen LogP contribution in [-0.4, -0.2) is 16.8 Å². The number of hydrogen-bond donors (Lipinski definition) is 3. The maximum atomic E-state index is 5.72. The molecule has 4 heteroatoms. The van der Waals surface area contributed by atoms with Crippen LogP contribution in [0.15, 0.2) is 0 Å². The smallest absolute Gasteiger partial charge is 0.119 e. The van der Waals surface area contributed by atoms with E-state index in [1.807, 2.05) is 6.92 Å². The lowest BCUT2D eigenvalue weighted by molar-refractivity contribution is 0.498. The molecule has 0 aromatic heterocycles. The van der Waals surface area contributed by atoms with Crippen molar-refractivity contribution in [2.45, 2.75) is 17.0 Å². The van der Waals surface area contributed by atoms with Crippen molar-refractivity contribution in [2.24, 2.45) is 11.5 Å². The van der Waals surface area contributed by atoms with Crippen LogP contribution in [0.3, 0.4) is 0 Å². The van der Waals surface area contributed by atoms with Gasteiger partial charge in [0.2, 0.25) is 0 Å². The molecule has 0 aromatic carbocycles. The van der Waals surface area contributed by atoms with Crippen molar-refractivity contribution in [2.75, 3.05) is 13.1 Å². The summed E-state index contributed by atoms with van der Waals surface area (Å²) in [6.45, 7) is 3.46. The highest BCUT2D eigenvalue weighted by Crippen LogP contribution is 2.09. The molecule has 0 saturated heterocycles. The number of halogens is 1. The summed E-state index contributed by atoms with van der Waals surface area (Å²) >= 11 is 2.17. The molecular formula is C5H14IN3. The summed E-state index contributed by atoms with van der Waals surface area (Å²) in [6, 6.07) is 0. The first-order valence-electron chi connectivity index (χ1n) is 3.05. The summed E-state index contributed by atoms with van der Waals surface area (Å²) in [7, 11) is 0. The highest BCUT2D eigenvalue weighted by molar-refractivity contribution is 14.1. The van der Waals surface area contributed by atoms with Gasteiger partial charge >= 0.3 is 0 Å². The summed E-state index contributed by atoms with van der Waals surface area (Å²) in [5, 5.41) is 3.10. The Bertz CT molecular complexity index is 74.6. The van der Waals surface area contributed by atoms with Crippen LogP contribution in [0, 0.1) is 0 Å². The Morgan fingerprint density at radius 3 is 2.56 bits per heavy atom. The van der Waals surface area contributed by atoms with Crippen molar-refractivity contribution in [1.29, 1.82) is 0 Å². The second kappa shape index (κ2) is 4.43. The summed E-state index contributed by atoms with van der Waals surface area (Å²) in [4.78, 5) is 0. The Balaban J connectivity index is 3.33. The Labute approximate surface area is 69.7 Å². The zero-order valence-corrected chi connectivity index (χ0v) is 7.81. The van der Waals surface area contributed by atoms with E-state index in [9.17, 15) is 0 Å². The monoisotopic (exact) mass is 243 g/mol. The minimum Gasteiger partial charge on any atom is -0.329 e. The zero-order valence-electron chi connectivity index (χ0n) is 5.65. The third-order valence-electron chi connectivity index (χ3n) is 1.08. The quantitative estimate of drug-likeness (QED) is 0.281. The van der Waals surface area contributed by atoms with Crippen molar-refractivity contribution < 1.29 is 0 Å². The first-order chi connectivity index (χ1) is 4.12. The van der Waals surface area contributed by atoms with Crippen LogP contribution in [-0.2, 0) is 0 Å². The van der Waals surface area contributed by atoms with Crippen LogP contribution < -0.4 is 16.8 Å². The van der Waals surface area contributed by atoms with Crippen LogP contribution >= 0.6 is 22.6 Å². The fourth-order valence-corrected chi connectivity index (χ4v) is 0.675. The molecule has 1 atom stereocenters.